The van der Waals surface area contributed by atoms with Gasteiger partial charge in [-0.2, -0.15) is 0 Å². The molecule has 1 aliphatic rings. The van der Waals surface area contributed by atoms with Gasteiger partial charge in [-0.3, -0.25) is 0 Å². The molecular weight excluding hydrogens is 341 g/mol. The van der Waals surface area contributed by atoms with E-state index in [1.165, 1.54) is 19.3 Å². The molecule has 1 aliphatic carbocycles. The maximum absolute atomic E-state index is 12.1. The van der Waals surface area contributed by atoms with Crippen molar-refractivity contribution in [2.75, 3.05) is 0 Å². The molecule has 1 fully saturated rings. The van der Waals surface area contributed by atoms with E-state index in [1.807, 2.05) is 24.3 Å². The van der Waals surface area contributed by atoms with Crippen LogP contribution in [0.5, 0.6) is 0 Å². The van der Waals surface area contributed by atoms with Gasteiger partial charge in [-0.25, -0.2) is 0 Å². The molecule has 0 radical (unpaired) electrons. The molecule has 1 amide bonds. The number of hydrogen-bond donors (Lipinski definition) is 1. The van der Waals surface area contributed by atoms with Gasteiger partial charge in [0.2, 0.25) is 0 Å². The summed E-state index contributed by atoms with van der Waals surface area (Å²) in [4.78, 5) is 12.1. The Labute approximate surface area is 119 Å². The van der Waals surface area contributed by atoms with Crippen LogP contribution in [0.25, 0.3) is 0 Å². The van der Waals surface area contributed by atoms with Crippen LogP contribution in [0.4, 0.5) is 0 Å². The van der Waals surface area contributed by atoms with Crippen molar-refractivity contribution in [3.05, 3.63) is 34.3 Å². The van der Waals surface area contributed by atoms with E-state index in [0.717, 1.165) is 16.5 Å². The summed E-state index contributed by atoms with van der Waals surface area (Å²) >= 11 is 5.13. The summed E-state index contributed by atoms with van der Waals surface area (Å²) in [5.74, 6) is 0.0621. The van der Waals surface area contributed by atoms with Gasteiger partial charge in [0.05, 0.1) is 0 Å². The molecule has 92 valence electrons. The van der Waals surface area contributed by atoms with E-state index in [4.69, 9.17) is 0 Å². The molecule has 1 saturated carbocycles. The average Bonchev–Trinajstić information content (AvgIpc) is 2.33. The van der Waals surface area contributed by atoms with Crippen molar-refractivity contribution in [2.24, 2.45) is 0 Å². The molecule has 0 spiro atoms. The Kier molecular flexibility index (Phi) is 4.69. The Hall–Kier alpha value is -0.272. The molecule has 0 aromatic heterocycles. The molecule has 3 atom stereocenters. The van der Waals surface area contributed by atoms with Crippen LogP contribution in [-0.4, -0.2) is 28.8 Å². The van der Waals surface area contributed by atoms with Gasteiger partial charge in [0.15, 0.2) is 0 Å². The molecule has 2 nitrogen and oxygen atoms in total. The number of carbonyl (C=O) groups excluding carboxylic acids is 1. The summed E-state index contributed by atoms with van der Waals surface area (Å²) in [6.07, 6.45) is 4.94. The molecule has 1 aromatic rings. The van der Waals surface area contributed by atoms with Crippen LogP contribution in [0.15, 0.2) is 28.7 Å². The quantitative estimate of drug-likeness (QED) is 0.809. The van der Waals surface area contributed by atoms with E-state index in [2.05, 4.69) is 21.2 Å². The summed E-state index contributed by atoms with van der Waals surface area (Å²) in [7, 11) is 0. The monoisotopic (exact) mass is 357 g/mol. The third-order valence-electron chi connectivity index (χ3n) is 3.24. The molecular formula is C13H17AsBrNO. The van der Waals surface area contributed by atoms with Gasteiger partial charge >= 0.3 is 120 Å². The number of halogens is 1. The predicted octanol–water partition coefficient (Wildman–Crippen LogP) is 2.54. The predicted molar refractivity (Wildman–Crippen MR) is 76.2 cm³/mol. The first kappa shape index (κ1) is 13.2. The van der Waals surface area contributed by atoms with Crippen LogP contribution >= 0.6 is 15.9 Å². The second kappa shape index (κ2) is 6.06. The van der Waals surface area contributed by atoms with Crippen LogP contribution in [0.3, 0.4) is 0 Å². The average molecular weight is 358 g/mol. The van der Waals surface area contributed by atoms with Gasteiger partial charge in [0.25, 0.3) is 0 Å². The summed E-state index contributed by atoms with van der Waals surface area (Å²) in [5, 5.41) is 3.17. The molecule has 0 bridgehead atoms. The standard InChI is InChI=1S/C13H17AsBrNO/c14-11-3-1-2-4-12(11)16-13(17)9-5-7-10(15)8-6-9/h5-8,11-12H,1-4,14H2,(H,16,17)/t11-,12-/m1/s1. The topological polar surface area (TPSA) is 29.1 Å². The van der Waals surface area contributed by atoms with Crippen LogP contribution < -0.4 is 5.32 Å². The number of hydrogen-bond acceptors (Lipinski definition) is 1. The first-order valence-corrected chi connectivity index (χ1v) is 8.18. The van der Waals surface area contributed by atoms with Crippen LogP contribution in [0.1, 0.15) is 36.0 Å². The van der Waals surface area contributed by atoms with E-state index in [-0.39, 0.29) is 5.91 Å². The molecule has 0 aliphatic heterocycles. The normalized spacial score (nSPS) is 24.4. The fraction of sp³-hybridized carbons (Fsp3) is 0.462. The zero-order valence-electron chi connectivity index (χ0n) is 9.66. The Morgan fingerprint density at radius 3 is 2.53 bits per heavy atom. The van der Waals surface area contributed by atoms with E-state index in [0.29, 0.717) is 10.7 Å². The molecule has 1 aromatic carbocycles. The van der Waals surface area contributed by atoms with Crippen molar-refractivity contribution >= 4 is 38.7 Å². The summed E-state index contributed by atoms with van der Waals surface area (Å²) in [6, 6.07) is 7.91. The van der Waals surface area contributed by atoms with Crippen molar-refractivity contribution < 1.29 is 4.79 Å². The zero-order valence-corrected chi connectivity index (χ0v) is 13.7. The fourth-order valence-corrected chi connectivity index (χ4v) is 3.56. The minimum atomic E-state index is 0.0621. The fourth-order valence-electron chi connectivity index (χ4n) is 2.19. The molecule has 2 rings (SSSR count). The Bertz CT molecular complexity index is 393. The first-order chi connectivity index (χ1) is 8.16. The molecule has 0 saturated heterocycles. The molecule has 0 heterocycles. The van der Waals surface area contributed by atoms with Crippen LogP contribution in [0.2, 0.25) is 4.71 Å². The Morgan fingerprint density at radius 2 is 1.88 bits per heavy atom. The van der Waals surface area contributed by atoms with Gasteiger partial charge in [-0.1, -0.05) is 0 Å². The van der Waals surface area contributed by atoms with Gasteiger partial charge in [0.1, 0.15) is 0 Å². The molecule has 1 unspecified atom stereocenters. The summed E-state index contributed by atoms with van der Waals surface area (Å²) in [5.41, 5.74) is 0.749. The molecule has 4 heteroatoms. The number of nitrogens with one attached hydrogen (secondary N) is 1. The third-order valence-corrected chi connectivity index (χ3v) is 5.45. The summed E-state index contributed by atoms with van der Waals surface area (Å²) < 4.78 is 1.67. The minimum absolute atomic E-state index is 0.0621. The van der Waals surface area contributed by atoms with E-state index in [9.17, 15) is 4.79 Å². The van der Waals surface area contributed by atoms with Crippen molar-refractivity contribution in [3.8, 4) is 0 Å². The maximum atomic E-state index is 12.1. The van der Waals surface area contributed by atoms with Crippen LogP contribution in [-0.2, 0) is 0 Å². The van der Waals surface area contributed by atoms with E-state index < -0.39 is 0 Å². The zero-order chi connectivity index (χ0) is 12.3. The van der Waals surface area contributed by atoms with Crippen molar-refractivity contribution in [3.63, 3.8) is 0 Å². The third kappa shape index (κ3) is 3.59. The van der Waals surface area contributed by atoms with Crippen molar-refractivity contribution in [1.82, 2.24) is 5.32 Å². The molecule has 1 N–H and O–H groups in total. The number of benzene rings is 1. The summed E-state index contributed by atoms with van der Waals surface area (Å²) in [6.45, 7) is 0. The van der Waals surface area contributed by atoms with Crippen molar-refractivity contribution in [1.29, 1.82) is 0 Å². The van der Waals surface area contributed by atoms with E-state index in [1.54, 1.807) is 16.9 Å². The SMILES string of the molecule is O=C(N[C@@H]1CCCC[C@H]1[AsH2])c1ccc(Br)cc1. The van der Waals surface area contributed by atoms with Gasteiger partial charge < -0.3 is 0 Å². The van der Waals surface area contributed by atoms with Crippen LogP contribution in [0, 0.1) is 0 Å². The first-order valence-electron chi connectivity index (χ1n) is 5.99. The number of carbonyl (C=O) groups is 1. The Balaban J connectivity index is 1.98. The number of amides is 1. The Morgan fingerprint density at radius 1 is 1.24 bits per heavy atom. The number of rotatable bonds is 2. The van der Waals surface area contributed by atoms with Gasteiger partial charge in [0, 0.05) is 0 Å². The second-order valence-corrected chi connectivity index (χ2v) is 7.25. The van der Waals surface area contributed by atoms with Gasteiger partial charge in [-0.15, -0.1) is 0 Å². The van der Waals surface area contributed by atoms with Gasteiger partial charge in [-0.05, 0) is 0 Å². The molecule has 17 heavy (non-hydrogen) atoms. The van der Waals surface area contributed by atoms with Crippen molar-refractivity contribution in [2.45, 2.75) is 36.4 Å². The second-order valence-electron chi connectivity index (χ2n) is 4.54. The van der Waals surface area contributed by atoms with E-state index >= 15 is 0 Å².